The molecule has 0 heterocycles. The van der Waals surface area contributed by atoms with Crippen molar-refractivity contribution in [2.75, 3.05) is 45.8 Å². The Morgan fingerprint density at radius 3 is 1.00 bits per heavy atom. The molecule has 0 spiro atoms. The van der Waals surface area contributed by atoms with Gasteiger partial charge in [-0.15, -0.1) is 0 Å². The zero-order valence-corrected chi connectivity index (χ0v) is 40.6. The molecular formula is C47H94N12O7. The van der Waals surface area contributed by atoms with E-state index in [1.165, 1.54) is 0 Å². The monoisotopic (exact) mass is 939 g/mol. The van der Waals surface area contributed by atoms with Crippen molar-refractivity contribution in [1.29, 1.82) is 0 Å². The van der Waals surface area contributed by atoms with Crippen molar-refractivity contribution in [3.63, 3.8) is 0 Å². The Bertz CT molecular complexity index is 1310. The number of unbranched alkanes of at least 4 members (excludes halogenated alkanes) is 15. The van der Waals surface area contributed by atoms with Crippen LogP contribution in [0.2, 0.25) is 0 Å². The average Bonchev–Trinajstić information content (AvgIpc) is 3.29. The minimum absolute atomic E-state index is 0.123. The van der Waals surface area contributed by atoms with E-state index in [0.29, 0.717) is 110 Å². The molecule has 0 rings (SSSR count). The minimum atomic E-state index is -0.692. The fourth-order valence-electron chi connectivity index (χ4n) is 7.40. The van der Waals surface area contributed by atoms with Gasteiger partial charge >= 0.3 is 0 Å². The van der Waals surface area contributed by atoms with Crippen molar-refractivity contribution < 1.29 is 33.6 Å². The van der Waals surface area contributed by atoms with Crippen LogP contribution < -0.4 is 66.3 Å². The Labute approximate surface area is 396 Å². The lowest BCUT2D eigenvalue weighted by Crippen LogP contribution is -2.47. The van der Waals surface area contributed by atoms with Gasteiger partial charge in [0.15, 0.2) is 0 Å². The van der Waals surface area contributed by atoms with Gasteiger partial charge in [0.05, 0.1) is 6.04 Å². The van der Waals surface area contributed by atoms with Gasteiger partial charge < -0.3 is 66.3 Å². The van der Waals surface area contributed by atoms with Gasteiger partial charge in [-0.1, -0.05) is 64.2 Å². The first-order valence-electron chi connectivity index (χ1n) is 25.5. The maximum atomic E-state index is 13.0. The highest BCUT2D eigenvalue weighted by Gasteiger charge is 2.22. The van der Waals surface area contributed by atoms with Crippen LogP contribution in [0.1, 0.15) is 186 Å². The van der Waals surface area contributed by atoms with Crippen LogP contribution in [0, 0.1) is 0 Å². The van der Waals surface area contributed by atoms with Gasteiger partial charge in [-0.05, 0) is 129 Å². The number of hydrogen-bond donors (Lipinski definition) is 12. The molecule has 0 saturated carbocycles. The number of carbonyl (C=O) groups is 7. The second kappa shape index (κ2) is 43.6. The van der Waals surface area contributed by atoms with E-state index in [0.717, 1.165) is 122 Å². The van der Waals surface area contributed by atoms with E-state index in [-0.39, 0.29) is 35.4 Å². The number of rotatable bonds is 46. The fraction of sp³-hybridized carbons (Fsp3) is 0.851. The molecule has 0 aromatic heterocycles. The summed E-state index contributed by atoms with van der Waals surface area (Å²) in [6, 6.07) is -2.41. The smallest absolute Gasteiger partial charge is 0.242 e. The molecule has 0 aliphatic heterocycles. The summed E-state index contributed by atoms with van der Waals surface area (Å²) < 4.78 is 0. The molecule has 0 aromatic rings. The molecule has 0 aliphatic carbocycles. The molecule has 19 heteroatoms. The van der Waals surface area contributed by atoms with Crippen molar-refractivity contribution in [1.82, 2.24) is 31.9 Å². The van der Waals surface area contributed by atoms with Gasteiger partial charge in [0, 0.05) is 38.9 Å². The molecule has 18 N–H and O–H groups in total. The van der Waals surface area contributed by atoms with Crippen LogP contribution >= 0.6 is 0 Å². The Kier molecular flexibility index (Phi) is 41.1. The van der Waals surface area contributed by atoms with Crippen LogP contribution in [0.3, 0.4) is 0 Å². The number of primary amides is 1. The molecule has 4 atom stereocenters. The Balaban J connectivity index is 4.35. The molecule has 0 fully saturated rings. The summed E-state index contributed by atoms with van der Waals surface area (Å²) in [6.45, 7) is 3.64. The molecular weight excluding hydrogens is 845 g/mol. The number of hydrogen-bond acceptors (Lipinski definition) is 12. The van der Waals surface area contributed by atoms with Gasteiger partial charge in [-0.25, -0.2) is 0 Å². The lowest BCUT2D eigenvalue weighted by atomic mass is 10.1. The van der Waals surface area contributed by atoms with Gasteiger partial charge in [0.1, 0.15) is 18.1 Å². The van der Waals surface area contributed by atoms with Crippen LogP contribution in [0.5, 0.6) is 0 Å². The molecule has 0 aromatic carbocycles. The second-order valence-corrected chi connectivity index (χ2v) is 17.6. The molecule has 66 heavy (non-hydrogen) atoms. The van der Waals surface area contributed by atoms with Crippen molar-refractivity contribution >= 4 is 41.4 Å². The van der Waals surface area contributed by atoms with Crippen molar-refractivity contribution in [3.05, 3.63) is 0 Å². The number of nitrogens with one attached hydrogen (secondary N) is 6. The highest BCUT2D eigenvalue weighted by molar-refractivity contribution is 5.88. The lowest BCUT2D eigenvalue weighted by molar-refractivity contribution is -0.129. The minimum Gasteiger partial charge on any atom is -0.368 e. The zero-order chi connectivity index (χ0) is 49.0. The Hall–Kier alpha value is -3.91. The summed E-state index contributed by atoms with van der Waals surface area (Å²) in [5.74, 6) is -1.55. The van der Waals surface area contributed by atoms with Crippen LogP contribution in [-0.4, -0.2) is 111 Å². The normalized spacial score (nSPS) is 12.9. The first-order chi connectivity index (χ1) is 31.9. The molecule has 4 unspecified atom stereocenters. The third kappa shape index (κ3) is 36.2. The first-order valence-corrected chi connectivity index (χ1v) is 25.5. The standard InChI is InChI=1S/C47H94N12O7/c48-30-16-13-23-37(52)45(64)54-34-19-7-1-5-11-28-42(61)58-39(24-14-17-31-49)47(66)56-36-21-9-3-6-12-29-43(62)59-40(25-15-18-32-50)46(65)55-35-20-8-2-4-10-27-41(60)57-38(44(53)63)26-22-33-51/h37-40H,1-36,48-52H2,(H2,53,63)(H,54,64)(H,55,65)(H,56,66)(H,57,60)(H,58,61)(H,59,62). The third-order valence-corrected chi connectivity index (χ3v) is 11.5. The van der Waals surface area contributed by atoms with E-state index in [9.17, 15) is 33.6 Å². The summed E-state index contributed by atoms with van der Waals surface area (Å²) in [7, 11) is 0. The summed E-state index contributed by atoms with van der Waals surface area (Å²) in [5, 5.41) is 17.4. The van der Waals surface area contributed by atoms with E-state index in [2.05, 4.69) is 31.9 Å². The highest BCUT2D eigenvalue weighted by Crippen LogP contribution is 2.10. The molecule has 0 radical (unpaired) electrons. The molecule has 384 valence electrons. The maximum Gasteiger partial charge on any atom is 0.242 e. The predicted molar refractivity (Wildman–Crippen MR) is 262 cm³/mol. The lowest BCUT2D eigenvalue weighted by Gasteiger charge is -2.19. The number of carbonyl (C=O) groups excluding carboxylic acids is 7. The molecule has 19 nitrogen and oxygen atoms in total. The highest BCUT2D eigenvalue weighted by atomic mass is 16.2. The van der Waals surface area contributed by atoms with E-state index >= 15 is 0 Å². The molecule has 0 bridgehead atoms. The van der Waals surface area contributed by atoms with Gasteiger partial charge in [-0.2, -0.15) is 0 Å². The molecule has 7 amide bonds. The van der Waals surface area contributed by atoms with Crippen molar-refractivity contribution in [2.24, 2.45) is 34.4 Å². The maximum absolute atomic E-state index is 13.0. The van der Waals surface area contributed by atoms with Crippen molar-refractivity contribution in [3.8, 4) is 0 Å². The summed E-state index contributed by atoms with van der Waals surface area (Å²) in [6.07, 6.45) is 21.0. The third-order valence-electron chi connectivity index (χ3n) is 11.5. The quantitative estimate of drug-likeness (QED) is 0.0389. The van der Waals surface area contributed by atoms with Crippen LogP contribution in [-0.2, 0) is 33.6 Å². The fourth-order valence-corrected chi connectivity index (χ4v) is 7.40. The zero-order valence-electron chi connectivity index (χ0n) is 40.6. The first kappa shape index (κ1) is 62.1. The molecule has 0 saturated heterocycles. The SMILES string of the molecule is NCCCCC(N)C(=O)NCCCCCCCC(=O)NC(CCCCN)C(=O)NCCCCCCCC(=O)NC(CCCCN)C(=O)NCCCCCCCC(=O)NC(CCCN)C(N)=O. The Morgan fingerprint density at radius 1 is 0.333 bits per heavy atom. The van der Waals surface area contributed by atoms with Crippen LogP contribution in [0.4, 0.5) is 0 Å². The van der Waals surface area contributed by atoms with Crippen LogP contribution in [0.25, 0.3) is 0 Å². The summed E-state index contributed by atoms with van der Waals surface area (Å²) in [5.41, 5.74) is 33.6. The predicted octanol–water partition coefficient (Wildman–Crippen LogP) is 1.75. The summed E-state index contributed by atoms with van der Waals surface area (Å²) in [4.78, 5) is 87.4. The van der Waals surface area contributed by atoms with Gasteiger partial charge in [0.25, 0.3) is 0 Å². The number of nitrogens with two attached hydrogens (primary N) is 6. The van der Waals surface area contributed by atoms with Gasteiger partial charge in [-0.3, -0.25) is 33.6 Å². The largest absolute Gasteiger partial charge is 0.368 e. The van der Waals surface area contributed by atoms with E-state index in [1.54, 1.807) is 0 Å². The Morgan fingerprint density at radius 2 is 0.636 bits per heavy atom. The van der Waals surface area contributed by atoms with E-state index in [4.69, 9.17) is 34.4 Å². The van der Waals surface area contributed by atoms with E-state index in [1.807, 2.05) is 0 Å². The summed E-state index contributed by atoms with van der Waals surface area (Å²) >= 11 is 0. The van der Waals surface area contributed by atoms with E-state index < -0.39 is 30.1 Å². The van der Waals surface area contributed by atoms with Gasteiger partial charge in [0.2, 0.25) is 41.4 Å². The number of amides is 7. The van der Waals surface area contributed by atoms with Crippen molar-refractivity contribution in [2.45, 2.75) is 210 Å². The topological polar surface area (TPSA) is 348 Å². The second-order valence-electron chi connectivity index (χ2n) is 17.6. The van der Waals surface area contributed by atoms with Crippen LogP contribution in [0.15, 0.2) is 0 Å². The molecule has 0 aliphatic rings. The average molecular weight is 939 g/mol.